The smallest absolute Gasteiger partial charge is 0.253 e. The van der Waals surface area contributed by atoms with Gasteiger partial charge >= 0.3 is 0 Å². The third-order valence-electron chi connectivity index (χ3n) is 3.79. The molecule has 7 heteroatoms. The zero-order valence-electron chi connectivity index (χ0n) is 11.8. The van der Waals surface area contributed by atoms with E-state index in [4.69, 9.17) is 23.2 Å². The van der Waals surface area contributed by atoms with E-state index in [0.29, 0.717) is 6.42 Å². The number of carbonyl (C=O) groups excluding carboxylic acids is 2. The zero-order valence-corrected chi connectivity index (χ0v) is 13.3. The van der Waals surface area contributed by atoms with Crippen LogP contribution in [0.5, 0.6) is 0 Å². The van der Waals surface area contributed by atoms with Crippen LogP contribution in [0.1, 0.15) is 27.2 Å². The Bertz CT molecular complexity index is 600. The van der Waals surface area contributed by atoms with E-state index in [1.54, 1.807) is 20.8 Å². The highest BCUT2D eigenvalue weighted by Crippen LogP contribution is 2.38. The van der Waals surface area contributed by atoms with Gasteiger partial charge in [-0.1, -0.05) is 30.1 Å². The molecule has 0 radical (unpaired) electrons. The van der Waals surface area contributed by atoms with Crippen molar-refractivity contribution < 1.29 is 14.0 Å². The predicted molar refractivity (Wildman–Crippen MR) is 80.2 cm³/mol. The summed E-state index contributed by atoms with van der Waals surface area (Å²) in [5, 5.41) is 2.69. The molecule has 114 valence electrons. The minimum atomic E-state index is -1.04. The van der Waals surface area contributed by atoms with Crippen LogP contribution < -0.4 is 10.2 Å². The predicted octanol–water partition coefficient (Wildman–Crippen LogP) is 3.15. The first-order chi connectivity index (χ1) is 9.71. The molecule has 1 heterocycles. The van der Waals surface area contributed by atoms with E-state index in [1.165, 1.54) is 4.90 Å². The first-order valence-corrected chi connectivity index (χ1v) is 7.27. The number of nitrogens with zero attached hydrogens (tertiary/aromatic N) is 1. The van der Waals surface area contributed by atoms with Gasteiger partial charge in [-0.3, -0.25) is 14.5 Å². The fourth-order valence-electron chi connectivity index (χ4n) is 2.29. The Morgan fingerprint density at radius 1 is 1.33 bits per heavy atom. The van der Waals surface area contributed by atoms with Gasteiger partial charge in [0.25, 0.3) is 5.91 Å². The molecule has 1 saturated heterocycles. The third-order valence-corrected chi connectivity index (χ3v) is 4.36. The fourth-order valence-corrected chi connectivity index (χ4v) is 2.93. The van der Waals surface area contributed by atoms with Crippen molar-refractivity contribution in [3.63, 3.8) is 0 Å². The van der Waals surface area contributed by atoms with Gasteiger partial charge in [0.05, 0.1) is 15.7 Å². The molecule has 0 aliphatic carbocycles. The molecular weight excluding hydrogens is 318 g/mol. The molecule has 1 aromatic carbocycles. The van der Waals surface area contributed by atoms with Crippen LogP contribution in [0.4, 0.5) is 10.1 Å². The average molecular weight is 333 g/mol. The molecule has 21 heavy (non-hydrogen) atoms. The highest BCUT2D eigenvalue weighted by Gasteiger charge is 2.47. The molecule has 1 N–H and O–H groups in total. The van der Waals surface area contributed by atoms with Crippen LogP contribution in [0.2, 0.25) is 10.0 Å². The van der Waals surface area contributed by atoms with Crippen LogP contribution in [0, 0.1) is 5.82 Å². The monoisotopic (exact) mass is 332 g/mol. The number of hydrogen-bond acceptors (Lipinski definition) is 2. The van der Waals surface area contributed by atoms with Gasteiger partial charge in [-0.2, -0.15) is 0 Å². The Kier molecular flexibility index (Phi) is 4.17. The third kappa shape index (κ3) is 2.60. The molecule has 2 amide bonds. The van der Waals surface area contributed by atoms with Crippen LogP contribution in [0.25, 0.3) is 0 Å². The van der Waals surface area contributed by atoms with Gasteiger partial charge < -0.3 is 5.32 Å². The van der Waals surface area contributed by atoms with Gasteiger partial charge in [0.15, 0.2) is 0 Å². The van der Waals surface area contributed by atoms with Crippen molar-refractivity contribution in [2.24, 2.45) is 0 Å². The van der Waals surface area contributed by atoms with Crippen molar-refractivity contribution in [1.29, 1.82) is 0 Å². The van der Waals surface area contributed by atoms with Crippen molar-refractivity contribution in [1.82, 2.24) is 5.32 Å². The highest BCUT2D eigenvalue weighted by molar-refractivity contribution is 6.40. The topological polar surface area (TPSA) is 49.4 Å². The van der Waals surface area contributed by atoms with Crippen LogP contribution >= 0.6 is 23.2 Å². The number of piperazine rings is 1. The number of benzene rings is 1. The SMILES string of the molecule is CCC1(C)NC(=O)C(C)N(c2c(Cl)cc(F)cc2Cl)C1=O. The Hall–Kier alpha value is -1.33. The average Bonchev–Trinajstić information content (AvgIpc) is 2.39. The van der Waals surface area contributed by atoms with Gasteiger partial charge in [-0.25, -0.2) is 4.39 Å². The lowest BCUT2D eigenvalue weighted by Gasteiger charge is -2.43. The molecule has 1 fully saturated rings. The van der Waals surface area contributed by atoms with Gasteiger partial charge in [-0.05, 0) is 32.4 Å². The van der Waals surface area contributed by atoms with Crippen molar-refractivity contribution >= 4 is 40.7 Å². The maximum Gasteiger partial charge on any atom is 0.253 e. The summed E-state index contributed by atoms with van der Waals surface area (Å²) in [5.41, 5.74) is -0.878. The molecule has 0 spiro atoms. The number of carbonyl (C=O) groups is 2. The van der Waals surface area contributed by atoms with Crippen LogP contribution in [0.3, 0.4) is 0 Å². The van der Waals surface area contributed by atoms with Gasteiger partial charge in [0, 0.05) is 0 Å². The number of amides is 2. The summed E-state index contributed by atoms with van der Waals surface area (Å²) in [6.45, 7) is 5.00. The van der Waals surface area contributed by atoms with Crippen molar-refractivity contribution in [3.8, 4) is 0 Å². The van der Waals surface area contributed by atoms with E-state index >= 15 is 0 Å². The minimum absolute atomic E-state index is 0.00615. The summed E-state index contributed by atoms with van der Waals surface area (Å²) < 4.78 is 13.3. The van der Waals surface area contributed by atoms with E-state index < -0.39 is 17.4 Å². The van der Waals surface area contributed by atoms with E-state index in [2.05, 4.69) is 5.32 Å². The molecule has 4 nitrogen and oxygen atoms in total. The molecule has 0 bridgehead atoms. The molecule has 2 rings (SSSR count). The molecule has 2 atom stereocenters. The minimum Gasteiger partial charge on any atom is -0.340 e. The van der Waals surface area contributed by atoms with Crippen molar-refractivity contribution in [2.45, 2.75) is 38.8 Å². The summed E-state index contributed by atoms with van der Waals surface area (Å²) in [6, 6.07) is 1.36. The number of rotatable bonds is 2. The highest BCUT2D eigenvalue weighted by atomic mass is 35.5. The summed E-state index contributed by atoms with van der Waals surface area (Å²) in [5.74, 6) is -1.24. The summed E-state index contributed by atoms with van der Waals surface area (Å²) in [7, 11) is 0. The second-order valence-corrected chi connectivity index (χ2v) is 6.06. The van der Waals surface area contributed by atoms with Crippen LogP contribution in [-0.2, 0) is 9.59 Å². The molecule has 1 aromatic rings. The molecule has 2 unspecified atom stereocenters. The second-order valence-electron chi connectivity index (χ2n) is 5.24. The summed E-state index contributed by atoms with van der Waals surface area (Å²) in [4.78, 5) is 26.1. The largest absolute Gasteiger partial charge is 0.340 e. The Balaban J connectivity index is 2.60. The molecule has 0 saturated carbocycles. The molecular formula is C14H15Cl2FN2O2. The second kappa shape index (κ2) is 5.46. The summed E-state index contributed by atoms with van der Waals surface area (Å²) >= 11 is 12.1. The normalized spacial score (nSPS) is 26.0. The van der Waals surface area contributed by atoms with Crippen LogP contribution in [0.15, 0.2) is 12.1 Å². The quantitative estimate of drug-likeness (QED) is 0.904. The lowest BCUT2D eigenvalue weighted by atomic mass is 9.91. The van der Waals surface area contributed by atoms with Crippen molar-refractivity contribution in [2.75, 3.05) is 4.90 Å². The van der Waals surface area contributed by atoms with E-state index in [1.807, 2.05) is 0 Å². The Morgan fingerprint density at radius 2 is 1.86 bits per heavy atom. The zero-order chi connectivity index (χ0) is 15.9. The number of anilines is 1. The van der Waals surface area contributed by atoms with E-state index in [9.17, 15) is 14.0 Å². The molecule has 1 aliphatic heterocycles. The number of hydrogen-bond donors (Lipinski definition) is 1. The lowest BCUT2D eigenvalue weighted by molar-refractivity contribution is -0.137. The Labute approximate surface area is 132 Å². The maximum atomic E-state index is 13.3. The van der Waals surface area contributed by atoms with E-state index in [-0.39, 0.29) is 27.5 Å². The maximum absolute atomic E-state index is 13.3. The van der Waals surface area contributed by atoms with Gasteiger partial charge in [0.1, 0.15) is 17.4 Å². The lowest BCUT2D eigenvalue weighted by Crippen LogP contribution is -2.68. The molecule has 0 aromatic heterocycles. The van der Waals surface area contributed by atoms with E-state index in [0.717, 1.165) is 12.1 Å². The van der Waals surface area contributed by atoms with Gasteiger partial charge in [0.2, 0.25) is 5.91 Å². The summed E-state index contributed by atoms with van der Waals surface area (Å²) in [6.07, 6.45) is 0.414. The Morgan fingerprint density at radius 3 is 2.33 bits per heavy atom. The first kappa shape index (κ1) is 16.0. The molecule has 1 aliphatic rings. The standard InChI is InChI=1S/C14H15Cl2FN2O2/c1-4-14(3)13(21)19(7(2)12(20)18-14)11-9(15)5-8(17)6-10(11)16/h5-7H,4H2,1-3H3,(H,18,20). The number of halogens is 3. The first-order valence-electron chi connectivity index (χ1n) is 6.51. The van der Waals surface area contributed by atoms with Crippen LogP contribution in [-0.4, -0.2) is 23.4 Å². The fraction of sp³-hybridized carbons (Fsp3) is 0.429. The van der Waals surface area contributed by atoms with Gasteiger partial charge in [-0.15, -0.1) is 0 Å². The number of nitrogens with one attached hydrogen (secondary N) is 1. The van der Waals surface area contributed by atoms with Crippen molar-refractivity contribution in [3.05, 3.63) is 28.0 Å².